The van der Waals surface area contributed by atoms with Crippen LogP contribution in [0.3, 0.4) is 0 Å². The van der Waals surface area contributed by atoms with E-state index in [0.29, 0.717) is 0 Å². The summed E-state index contributed by atoms with van der Waals surface area (Å²) in [5, 5.41) is -1.46. The molecule has 0 aromatic heterocycles. The number of alkyl halides is 5. The second kappa shape index (κ2) is 3.51. The van der Waals surface area contributed by atoms with E-state index in [0.717, 1.165) is 13.8 Å². The number of nitrogens with zero attached hydrogens (tertiary/aromatic N) is 2. The molecule has 0 bridgehead atoms. The minimum absolute atomic E-state index is 0.330. The average molecular weight is 236 g/mol. The molecule has 1 atom stereocenters. The molecule has 1 aliphatic rings. The molecule has 8 heteroatoms. The van der Waals surface area contributed by atoms with E-state index in [2.05, 4.69) is 0 Å². The van der Waals surface area contributed by atoms with Crippen LogP contribution in [-0.2, 0) is 0 Å². The van der Waals surface area contributed by atoms with E-state index in [4.69, 9.17) is 0 Å². The van der Waals surface area contributed by atoms with Crippen molar-refractivity contribution in [1.82, 2.24) is 10.0 Å². The standard InChI is InChI=1S/C7H10F6N2/c1-4(2)15-5(8)3-14(13)6(9,10)7(15,11)12/h4-5H,3H2,1-2H3. The van der Waals surface area contributed by atoms with Gasteiger partial charge in [0.1, 0.15) is 0 Å². The van der Waals surface area contributed by atoms with Gasteiger partial charge in [-0.2, -0.15) is 17.6 Å². The molecule has 15 heavy (non-hydrogen) atoms. The third kappa shape index (κ3) is 1.69. The smallest absolute Gasteiger partial charge is 0.228 e. The molecule has 0 radical (unpaired) electrons. The van der Waals surface area contributed by atoms with Crippen molar-refractivity contribution in [1.29, 1.82) is 0 Å². The summed E-state index contributed by atoms with van der Waals surface area (Å²) < 4.78 is 77.1. The van der Waals surface area contributed by atoms with Gasteiger partial charge in [0.2, 0.25) is 0 Å². The highest BCUT2D eigenvalue weighted by molar-refractivity contribution is 4.91. The lowest BCUT2D eigenvalue weighted by molar-refractivity contribution is -0.423. The van der Waals surface area contributed by atoms with E-state index >= 15 is 0 Å². The molecule has 1 unspecified atom stereocenters. The van der Waals surface area contributed by atoms with Crippen molar-refractivity contribution in [2.75, 3.05) is 6.54 Å². The number of hydrogen-bond donors (Lipinski definition) is 0. The lowest BCUT2D eigenvalue weighted by atomic mass is 10.2. The van der Waals surface area contributed by atoms with Gasteiger partial charge in [0, 0.05) is 6.04 Å². The Labute approximate surface area is 82.4 Å². The molecule has 0 aromatic rings. The number of hydrogen-bond acceptors (Lipinski definition) is 2. The minimum atomic E-state index is -5.01. The van der Waals surface area contributed by atoms with E-state index in [1.165, 1.54) is 0 Å². The molecule has 1 heterocycles. The minimum Gasteiger partial charge on any atom is -0.228 e. The van der Waals surface area contributed by atoms with Gasteiger partial charge in [0.15, 0.2) is 6.30 Å². The number of halogens is 6. The molecule has 0 aliphatic carbocycles. The van der Waals surface area contributed by atoms with Crippen molar-refractivity contribution in [2.45, 2.75) is 38.3 Å². The average Bonchev–Trinajstić information content (AvgIpc) is 1.99. The Balaban J connectivity index is 3.09. The fourth-order valence-electron chi connectivity index (χ4n) is 1.46. The SMILES string of the molecule is CC(C)N1C(F)CN(F)C(F)(F)C1(F)F. The summed E-state index contributed by atoms with van der Waals surface area (Å²) in [5.74, 6) is 0. The van der Waals surface area contributed by atoms with Gasteiger partial charge in [-0.3, -0.25) is 0 Å². The molecular formula is C7H10F6N2. The fourth-order valence-corrected chi connectivity index (χ4v) is 1.46. The first-order valence-electron chi connectivity index (χ1n) is 4.24. The van der Waals surface area contributed by atoms with Crippen LogP contribution in [0.25, 0.3) is 0 Å². The Hall–Kier alpha value is -0.500. The van der Waals surface area contributed by atoms with Gasteiger partial charge in [-0.15, -0.1) is 4.48 Å². The first-order chi connectivity index (χ1) is 6.62. The van der Waals surface area contributed by atoms with Crippen LogP contribution in [0.4, 0.5) is 26.4 Å². The Bertz CT molecular complexity index is 244. The summed E-state index contributed by atoms with van der Waals surface area (Å²) >= 11 is 0. The van der Waals surface area contributed by atoms with Crippen LogP contribution in [0.2, 0.25) is 0 Å². The third-order valence-electron chi connectivity index (χ3n) is 2.16. The van der Waals surface area contributed by atoms with Crippen molar-refractivity contribution < 1.29 is 26.4 Å². The van der Waals surface area contributed by atoms with Crippen molar-refractivity contribution in [2.24, 2.45) is 0 Å². The first-order valence-corrected chi connectivity index (χ1v) is 4.24. The van der Waals surface area contributed by atoms with E-state index in [1.54, 1.807) is 0 Å². The van der Waals surface area contributed by atoms with E-state index in [9.17, 15) is 26.4 Å². The highest BCUT2D eigenvalue weighted by atomic mass is 19.3. The van der Waals surface area contributed by atoms with Crippen LogP contribution in [-0.4, -0.2) is 41.0 Å². The summed E-state index contributed by atoms with van der Waals surface area (Å²) in [4.78, 5) is -0.330. The van der Waals surface area contributed by atoms with Crippen molar-refractivity contribution >= 4 is 0 Å². The summed E-state index contributed by atoms with van der Waals surface area (Å²) in [7, 11) is 0. The maximum absolute atomic E-state index is 13.1. The van der Waals surface area contributed by atoms with Crippen LogP contribution in [0, 0.1) is 0 Å². The molecule has 1 rings (SSSR count). The molecule has 0 aromatic carbocycles. The van der Waals surface area contributed by atoms with Crippen LogP contribution in [0.15, 0.2) is 0 Å². The van der Waals surface area contributed by atoms with Crippen LogP contribution < -0.4 is 0 Å². The quantitative estimate of drug-likeness (QED) is 0.392. The molecule has 1 aliphatic heterocycles. The molecule has 2 nitrogen and oxygen atoms in total. The predicted molar refractivity (Wildman–Crippen MR) is 39.6 cm³/mol. The van der Waals surface area contributed by atoms with Crippen LogP contribution >= 0.6 is 0 Å². The topological polar surface area (TPSA) is 6.48 Å². The van der Waals surface area contributed by atoms with Gasteiger partial charge in [-0.1, -0.05) is 5.12 Å². The molecule has 90 valence electrons. The van der Waals surface area contributed by atoms with Crippen molar-refractivity contribution in [3.8, 4) is 0 Å². The van der Waals surface area contributed by atoms with Gasteiger partial charge in [-0.05, 0) is 13.8 Å². The second-order valence-electron chi connectivity index (χ2n) is 3.56. The summed E-state index contributed by atoms with van der Waals surface area (Å²) in [6.07, 6.45) is -2.47. The van der Waals surface area contributed by atoms with Gasteiger partial charge < -0.3 is 0 Å². The van der Waals surface area contributed by atoms with Gasteiger partial charge in [0.25, 0.3) is 0 Å². The van der Waals surface area contributed by atoms with E-state index < -0.39 is 36.1 Å². The van der Waals surface area contributed by atoms with E-state index in [-0.39, 0.29) is 4.90 Å². The molecule has 0 N–H and O–H groups in total. The maximum atomic E-state index is 13.1. The second-order valence-corrected chi connectivity index (χ2v) is 3.56. The summed E-state index contributed by atoms with van der Waals surface area (Å²) in [6, 6.07) is -11.0. The summed E-state index contributed by atoms with van der Waals surface area (Å²) in [5.41, 5.74) is 0. The normalized spacial score (nSPS) is 32.2. The predicted octanol–water partition coefficient (Wildman–Crippen LogP) is 2.38. The molecule has 1 fully saturated rings. The Morgan fingerprint density at radius 1 is 1.13 bits per heavy atom. The lowest BCUT2D eigenvalue weighted by Gasteiger charge is -2.46. The Kier molecular flexibility index (Phi) is 2.94. The largest absolute Gasteiger partial charge is 0.407 e. The van der Waals surface area contributed by atoms with Gasteiger partial charge >= 0.3 is 12.1 Å². The Morgan fingerprint density at radius 3 is 2.00 bits per heavy atom. The van der Waals surface area contributed by atoms with Gasteiger partial charge in [0.05, 0.1) is 6.54 Å². The molecule has 0 spiro atoms. The van der Waals surface area contributed by atoms with Gasteiger partial charge in [-0.25, -0.2) is 9.29 Å². The highest BCUT2D eigenvalue weighted by Crippen LogP contribution is 2.45. The number of piperazine rings is 1. The molecule has 0 amide bonds. The zero-order valence-electron chi connectivity index (χ0n) is 8.02. The van der Waals surface area contributed by atoms with Crippen LogP contribution in [0.1, 0.15) is 13.8 Å². The fraction of sp³-hybridized carbons (Fsp3) is 1.00. The van der Waals surface area contributed by atoms with Crippen molar-refractivity contribution in [3.05, 3.63) is 0 Å². The molecule has 0 saturated carbocycles. The third-order valence-corrected chi connectivity index (χ3v) is 2.16. The maximum Gasteiger partial charge on any atom is 0.407 e. The van der Waals surface area contributed by atoms with Crippen LogP contribution in [0.5, 0.6) is 0 Å². The van der Waals surface area contributed by atoms with E-state index in [1.807, 2.05) is 0 Å². The molecule has 1 saturated heterocycles. The molecular weight excluding hydrogens is 226 g/mol. The van der Waals surface area contributed by atoms with Crippen molar-refractivity contribution in [3.63, 3.8) is 0 Å². The monoisotopic (exact) mass is 236 g/mol. The summed E-state index contributed by atoms with van der Waals surface area (Å²) in [6.45, 7) is 0.857. The first kappa shape index (κ1) is 12.6. The highest BCUT2D eigenvalue weighted by Gasteiger charge is 2.70. The zero-order chi connectivity index (χ0) is 12.0. The lowest BCUT2D eigenvalue weighted by Crippen LogP contribution is -2.70. The number of rotatable bonds is 1. The Morgan fingerprint density at radius 2 is 1.60 bits per heavy atom. The zero-order valence-corrected chi connectivity index (χ0v) is 8.02.